The Hall–Kier alpha value is -5.62. The Bertz CT molecular complexity index is 1700. The zero-order valence-corrected chi connectivity index (χ0v) is 26.4. The van der Waals surface area contributed by atoms with Gasteiger partial charge >= 0.3 is 5.97 Å². The van der Waals surface area contributed by atoms with E-state index in [-0.39, 0.29) is 42.9 Å². The zero-order valence-electron chi connectivity index (χ0n) is 26.4. The highest BCUT2D eigenvalue weighted by Crippen LogP contribution is 2.30. The lowest BCUT2D eigenvalue weighted by Crippen LogP contribution is -2.43. The van der Waals surface area contributed by atoms with Gasteiger partial charge in [-0.15, -0.1) is 0 Å². The lowest BCUT2D eigenvalue weighted by molar-refractivity contribution is -0.147. The second-order valence-corrected chi connectivity index (χ2v) is 11.1. The summed E-state index contributed by atoms with van der Waals surface area (Å²) < 4.78 is 17.3. The molecule has 0 saturated heterocycles. The highest BCUT2D eigenvalue weighted by molar-refractivity contribution is 5.98. The van der Waals surface area contributed by atoms with Crippen molar-refractivity contribution in [2.45, 2.75) is 45.6 Å². The Morgan fingerprint density at radius 1 is 0.804 bits per heavy atom. The number of ether oxygens (including phenoxy) is 3. The van der Waals surface area contributed by atoms with Crippen molar-refractivity contribution in [1.29, 1.82) is 0 Å². The molecule has 236 valence electrons. The van der Waals surface area contributed by atoms with E-state index < -0.39 is 17.9 Å². The Morgan fingerprint density at radius 2 is 1.43 bits per heavy atom. The smallest absolute Gasteiger partial charge is 0.329 e. The highest BCUT2D eigenvalue weighted by Gasteiger charge is 2.26. The van der Waals surface area contributed by atoms with Gasteiger partial charge in [0, 0.05) is 26.1 Å². The van der Waals surface area contributed by atoms with Gasteiger partial charge in [-0.2, -0.15) is 0 Å². The zero-order chi connectivity index (χ0) is 33.1. The molecule has 4 rings (SSSR count). The molecule has 1 unspecified atom stereocenters. The summed E-state index contributed by atoms with van der Waals surface area (Å²) in [7, 11) is 3.30. The standard InChI is InChI=1S/C37H37N3O6/c1-25(2)46-34-19-17-29(22-31(34)38-3)35(41)39-32(37(43)45-24-27-14-10-7-11-15-27)21-28-16-18-33(30(20-28)36(42)40(4)5)44-23-26-12-8-6-9-13-26/h6-20,22,25,32H,21,23-24H2,1-2,4-5H3,(H,39,41). The second-order valence-electron chi connectivity index (χ2n) is 11.1. The molecule has 0 fully saturated rings. The molecule has 0 saturated carbocycles. The van der Waals surface area contributed by atoms with Gasteiger partial charge in [0.2, 0.25) is 5.69 Å². The molecule has 0 heterocycles. The van der Waals surface area contributed by atoms with Crippen LogP contribution in [0.1, 0.15) is 51.3 Å². The highest BCUT2D eigenvalue weighted by atomic mass is 16.5. The largest absolute Gasteiger partial charge is 0.502 e. The van der Waals surface area contributed by atoms with Gasteiger partial charge in [-0.25, -0.2) is 9.64 Å². The lowest BCUT2D eigenvalue weighted by Gasteiger charge is -2.20. The van der Waals surface area contributed by atoms with E-state index in [1.807, 2.05) is 74.5 Å². The number of carbonyl (C=O) groups is 3. The summed E-state index contributed by atoms with van der Waals surface area (Å²) in [5, 5.41) is 2.78. The molecule has 46 heavy (non-hydrogen) atoms. The van der Waals surface area contributed by atoms with Gasteiger partial charge in [-0.1, -0.05) is 66.7 Å². The fourth-order valence-corrected chi connectivity index (χ4v) is 4.57. The molecule has 0 spiro atoms. The first-order chi connectivity index (χ1) is 22.1. The fraction of sp³-hybridized carbons (Fsp3) is 0.243. The molecular weight excluding hydrogens is 582 g/mol. The number of nitrogens with zero attached hydrogens (tertiary/aromatic N) is 2. The molecule has 0 radical (unpaired) electrons. The van der Waals surface area contributed by atoms with Crippen molar-refractivity contribution >= 4 is 23.5 Å². The second kappa shape index (κ2) is 15.9. The van der Waals surface area contributed by atoms with E-state index in [4.69, 9.17) is 20.8 Å². The Kier molecular flexibility index (Phi) is 11.5. The number of hydrogen-bond acceptors (Lipinski definition) is 6. The molecule has 9 nitrogen and oxygen atoms in total. The summed E-state index contributed by atoms with van der Waals surface area (Å²) in [4.78, 5) is 45.0. The molecule has 0 aliphatic rings. The summed E-state index contributed by atoms with van der Waals surface area (Å²) >= 11 is 0. The molecule has 4 aromatic carbocycles. The van der Waals surface area contributed by atoms with E-state index >= 15 is 0 Å². The first-order valence-electron chi connectivity index (χ1n) is 14.9. The van der Waals surface area contributed by atoms with Crippen LogP contribution < -0.4 is 14.8 Å². The van der Waals surface area contributed by atoms with Crippen LogP contribution in [-0.2, 0) is 29.2 Å². The van der Waals surface area contributed by atoms with Crippen molar-refractivity contribution in [1.82, 2.24) is 10.2 Å². The maximum absolute atomic E-state index is 13.4. The van der Waals surface area contributed by atoms with Gasteiger partial charge in [0.05, 0.1) is 18.2 Å². The van der Waals surface area contributed by atoms with Crippen LogP contribution in [0.2, 0.25) is 0 Å². The summed E-state index contributed by atoms with van der Waals surface area (Å²) in [6.45, 7) is 11.5. The van der Waals surface area contributed by atoms with Crippen LogP contribution in [0.4, 0.5) is 5.69 Å². The number of nitrogens with one attached hydrogen (secondary N) is 1. The third-order valence-corrected chi connectivity index (χ3v) is 6.88. The molecule has 1 atom stereocenters. The van der Waals surface area contributed by atoms with E-state index in [2.05, 4.69) is 10.2 Å². The van der Waals surface area contributed by atoms with Gasteiger partial charge in [0.15, 0.2) is 0 Å². The van der Waals surface area contributed by atoms with E-state index in [0.717, 1.165) is 11.1 Å². The predicted molar refractivity (Wildman–Crippen MR) is 175 cm³/mol. The van der Waals surface area contributed by atoms with E-state index in [1.54, 1.807) is 44.4 Å². The number of carbonyl (C=O) groups excluding carboxylic acids is 3. The summed E-state index contributed by atoms with van der Waals surface area (Å²) in [6, 6.07) is 27.4. The molecule has 0 aliphatic carbocycles. The monoisotopic (exact) mass is 619 g/mol. The van der Waals surface area contributed by atoms with Gasteiger partial charge < -0.3 is 24.4 Å². The molecule has 0 aliphatic heterocycles. The van der Waals surface area contributed by atoms with Crippen molar-refractivity contribution in [2.24, 2.45) is 0 Å². The van der Waals surface area contributed by atoms with E-state index in [0.29, 0.717) is 22.6 Å². The topological polar surface area (TPSA) is 98.5 Å². The molecule has 4 aromatic rings. The third kappa shape index (κ3) is 9.19. The van der Waals surface area contributed by atoms with E-state index in [1.165, 1.54) is 11.0 Å². The number of benzene rings is 4. The number of esters is 1. The van der Waals surface area contributed by atoms with Crippen LogP contribution in [0.25, 0.3) is 4.85 Å². The first-order valence-corrected chi connectivity index (χ1v) is 14.9. The lowest BCUT2D eigenvalue weighted by atomic mass is 10.0. The van der Waals surface area contributed by atoms with Crippen LogP contribution in [0, 0.1) is 6.57 Å². The van der Waals surface area contributed by atoms with Crippen LogP contribution in [-0.4, -0.2) is 48.9 Å². The first kappa shape index (κ1) is 33.3. The van der Waals surface area contributed by atoms with Gasteiger partial charge in [0.1, 0.15) is 30.8 Å². The van der Waals surface area contributed by atoms with Crippen molar-refractivity contribution in [3.05, 3.63) is 136 Å². The average molecular weight is 620 g/mol. The Balaban J connectivity index is 1.60. The molecular formula is C37H37N3O6. The van der Waals surface area contributed by atoms with Gasteiger partial charge in [-0.3, -0.25) is 9.59 Å². The van der Waals surface area contributed by atoms with Gasteiger partial charge in [0.25, 0.3) is 11.8 Å². The molecule has 0 bridgehead atoms. The van der Waals surface area contributed by atoms with Crippen LogP contribution in [0.15, 0.2) is 97.1 Å². The predicted octanol–water partition coefficient (Wildman–Crippen LogP) is 6.39. The van der Waals surface area contributed by atoms with Crippen LogP contribution >= 0.6 is 0 Å². The number of hydrogen-bond donors (Lipinski definition) is 1. The molecule has 9 heteroatoms. The number of amides is 2. The number of rotatable bonds is 13. The molecule has 2 amide bonds. The SMILES string of the molecule is [C-]#[N+]c1cc(C(=O)NC(Cc2ccc(OCc3ccccc3)c(C(=O)N(C)C)c2)C(=O)OCc2ccccc2)ccc1OC(C)C. The summed E-state index contributed by atoms with van der Waals surface area (Å²) in [5.41, 5.74) is 3.05. The minimum Gasteiger partial charge on any atom is -0.502 e. The van der Waals surface area contributed by atoms with Gasteiger partial charge in [-0.05, 0) is 60.9 Å². The minimum absolute atomic E-state index is 0.0196. The van der Waals surface area contributed by atoms with Crippen molar-refractivity contribution < 1.29 is 28.6 Å². The van der Waals surface area contributed by atoms with Crippen LogP contribution in [0.5, 0.6) is 11.5 Å². The van der Waals surface area contributed by atoms with E-state index in [9.17, 15) is 14.4 Å². The average Bonchev–Trinajstić information content (AvgIpc) is 3.06. The normalized spacial score (nSPS) is 11.2. The maximum Gasteiger partial charge on any atom is 0.329 e. The molecule has 1 N–H and O–H groups in total. The van der Waals surface area contributed by atoms with Crippen molar-refractivity contribution in [3.63, 3.8) is 0 Å². The molecule has 0 aromatic heterocycles. The van der Waals surface area contributed by atoms with Crippen molar-refractivity contribution in [3.8, 4) is 11.5 Å². The van der Waals surface area contributed by atoms with Crippen molar-refractivity contribution in [2.75, 3.05) is 14.1 Å². The Labute approximate surface area is 269 Å². The quantitative estimate of drug-likeness (QED) is 0.138. The maximum atomic E-state index is 13.4. The van der Waals surface area contributed by atoms with Crippen LogP contribution in [0.3, 0.4) is 0 Å². The minimum atomic E-state index is -1.10. The third-order valence-electron chi connectivity index (χ3n) is 6.88. The Morgan fingerprint density at radius 3 is 2.04 bits per heavy atom. The summed E-state index contributed by atoms with van der Waals surface area (Å²) in [6.07, 6.45) is -0.112. The fourth-order valence-electron chi connectivity index (χ4n) is 4.57. The summed E-state index contributed by atoms with van der Waals surface area (Å²) in [5.74, 6) is -0.711.